The lowest BCUT2D eigenvalue weighted by atomic mass is 10.1. The molecule has 2 aromatic heterocycles. The van der Waals surface area contributed by atoms with Gasteiger partial charge in [-0.1, -0.05) is 42.5 Å². The molecule has 35 heavy (non-hydrogen) atoms. The van der Waals surface area contributed by atoms with Gasteiger partial charge in [0.2, 0.25) is 11.8 Å². The molecule has 10 heteroatoms. The van der Waals surface area contributed by atoms with Gasteiger partial charge in [-0.25, -0.2) is 4.79 Å². The van der Waals surface area contributed by atoms with Crippen molar-refractivity contribution in [3.63, 3.8) is 0 Å². The van der Waals surface area contributed by atoms with Crippen molar-refractivity contribution in [1.29, 1.82) is 0 Å². The quantitative estimate of drug-likeness (QED) is 0.343. The topological polar surface area (TPSA) is 127 Å². The minimum Gasteiger partial charge on any atom is -0.480 e. The van der Waals surface area contributed by atoms with Gasteiger partial charge in [-0.2, -0.15) is 4.37 Å². The van der Waals surface area contributed by atoms with Gasteiger partial charge in [0.15, 0.2) is 0 Å². The Hall–Kier alpha value is -4.05. The van der Waals surface area contributed by atoms with Crippen LogP contribution in [-0.4, -0.2) is 31.7 Å². The van der Waals surface area contributed by atoms with Crippen LogP contribution >= 0.6 is 11.5 Å². The Labute approximate surface area is 205 Å². The first-order valence-electron chi connectivity index (χ1n) is 11.0. The summed E-state index contributed by atoms with van der Waals surface area (Å²) in [6.45, 7) is 3.64. The maximum Gasteiger partial charge on any atom is 0.412 e. The Morgan fingerprint density at radius 1 is 1.09 bits per heavy atom. The normalized spacial score (nSPS) is 14.8. The minimum atomic E-state index is -1.04. The predicted octanol–water partition coefficient (Wildman–Crippen LogP) is 5.59. The summed E-state index contributed by atoms with van der Waals surface area (Å²) in [4.78, 5) is 24.9. The first kappa shape index (κ1) is 22.7. The van der Waals surface area contributed by atoms with Crippen LogP contribution in [0.3, 0.4) is 0 Å². The molecule has 1 fully saturated rings. The minimum absolute atomic E-state index is 0.136. The lowest BCUT2D eigenvalue weighted by molar-refractivity contribution is -0.140. The molecule has 2 heterocycles. The zero-order valence-corrected chi connectivity index (χ0v) is 19.8. The molecule has 1 aliphatic carbocycles. The van der Waals surface area contributed by atoms with Crippen LogP contribution < -0.4 is 5.32 Å². The second-order valence-electron chi connectivity index (χ2n) is 8.43. The molecule has 1 atom stereocenters. The van der Waals surface area contributed by atoms with Crippen molar-refractivity contribution in [2.45, 2.75) is 38.2 Å². The maximum atomic E-state index is 12.6. The highest BCUT2D eigenvalue weighted by molar-refractivity contribution is 7.10. The fourth-order valence-electron chi connectivity index (χ4n) is 3.74. The Morgan fingerprint density at radius 2 is 1.77 bits per heavy atom. The highest BCUT2D eigenvalue weighted by atomic mass is 32.1. The van der Waals surface area contributed by atoms with Crippen LogP contribution in [0.5, 0.6) is 0 Å². The number of carbonyl (C=O) groups is 2. The summed E-state index contributed by atoms with van der Waals surface area (Å²) in [5.74, 6) is -0.548. The van der Waals surface area contributed by atoms with Crippen molar-refractivity contribution >= 4 is 29.3 Å². The molecular formula is C25H22N4O5S. The molecule has 0 radical (unpaired) electrons. The lowest BCUT2D eigenvalue weighted by Crippen LogP contribution is -2.19. The molecule has 178 valence electrons. The summed E-state index contributed by atoms with van der Waals surface area (Å²) < 4.78 is 15.6. The standard InChI is InChI=1S/C25H22N4O5S/c1-14-19(26-24(32)33-15(2)16-6-4-3-5-7-16)20(35-29-14)17-8-10-18(11-9-17)21-27-28-22(34-21)25(12-13-25)23(30)31/h3-11,15H,12-13H2,1-2H3,(H,26,32)(H,30,31)/t15-/m1/s1. The summed E-state index contributed by atoms with van der Waals surface area (Å²) in [5.41, 5.74) is 2.64. The molecule has 0 aliphatic heterocycles. The van der Waals surface area contributed by atoms with Crippen molar-refractivity contribution in [2.75, 3.05) is 5.32 Å². The van der Waals surface area contributed by atoms with Gasteiger partial charge >= 0.3 is 12.1 Å². The average Bonchev–Trinajstić information content (AvgIpc) is 3.40. The largest absolute Gasteiger partial charge is 0.480 e. The zero-order valence-electron chi connectivity index (χ0n) is 19.0. The number of hydrogen-bond donors (Lipinski definition) is 2. The number of carboxylic acids is 1. The number of carbonyl (C=O) groups excluding carboxylic acids is 1. The van der Waals surface area contributed by atoms with Gasteiger partial charge in [-0.15, -0.1) is 10.2 Å². The summed E-state index contributed by atoms with van der Waals surface area (Å²) >= 11 is 1.27. The molecular weight excluding hydrogens is 468 g/mol. The van der Waals surface area contributed by atoms with E-state index >= 15 is 0 Å². The van der Waals surface area contributed by atoms with Gasteiger partial charge in [0.1, 0.15) is 11.5 Å². The van der Waals surface area contributed by atoms with E-state index in [4.69, 9.17) is 9.15 Å². The van der Waals surface area contributed by atoms with Gasteiger partial charge in [0, 0.05) is 5.56 Å². The van der Waals surface area contributed by atoms with Gasteiger partial charge < -0.3 is 14.3 Å². The number of nitrogens with one attached hydrogen (secondary N) is 1. The third-order valence-corrected chi connectivity index (χ3v) is 7.02. The average molecular weight is 491 g/mol. The van der Waals surface area contributed by atoms with Crippen molar-refractivity contribution in [3.8, 4) is 21.9 Å². The number of nitrogens with zero attached hydrogens (tertiary/aromatic N) is 3. The van der Waals surface area contributed by atoms with Crippen molar-refractivity contribution in [2.24, 2.45) is 0 Å². The lowest BCUT2D eigenvalue weighted by Gasteiger charge is -2.14. The molecule has 5 rings (SSSR count). The van der Waals surface area contributed by atoms with Gasteiger partial charge in [-0.05, 0) is 61.5 Å². The molecule has 1 saturated carbocycles. The number of aryl methyl sites for hydroxylation is 1. The molecule has 1 aliphatic rings. The molecule has 2 aromatic carbocycles. The van der Waals surface area contributed by atoms with Crippen LogP contribution in [0.1, 0.15) is 43.0 Å². The van der Waals surface area contributed by atoms with E-state index in [1.54, 1.807) is 0 Å². The summed E-state index contributed by atoms with van der Waals surface area (Å²) in [6, 6.07) is 16.8. The van der Waals surface area contributed by atoms with Gasteiger partial charge in [0.25, 0.3) is 0 Å². The molecule has 0 spiro atoms. The molecule has 1 amide bonds. The Bertz CT molecular complexity index is 1380. The molecule has 0 saturated heterocycles. The van der Waals surface area contributed by atoms with Crippen LogP contribution in [0.25, 0.3) is 21.9 Å². The number of benzene rings is 2. The van der Waals surface area contributed by atoms with Crippen LogP contribution in [0, 0.1) is 6.92 Å². The van der Waals surface area contributed by atoms with E-state index in [2.05, 4.69) is 19.9 Å². The number of aliphatic carboxylic acids is 1. The summed E-state index contributed by atoms with van der Waals surface area (Å²) in [6.07, 6.45) is 0.0285. The van der Waals surface area contributed by atoms with E-state index in [1.807, 2.05) is 68.4 Å². The number of aromatic nitrogens is 3. The van der Waals surface area contributed by atoms with Crippen LogP contribution in [0.2, 0.25) is 0 Å². The monoisotopic (exact) mass is 490 g/mol. The summed E-state index contributed by atoms with van der Waals surface area (Å²) in [7, 11) is 0. The molecule has 9 nitrogen and oxygen atoms in total. The fourth-order valence-corrected chi connectivity index (χ4v) is 4.59. The second-order valence-corrected chi connectivity index (χ2v) is 9.21. The van der Waals surface area contributed by atoms with Gasteiger partial charge in [0.05, 0.1) is 16.3 Å². The Balaban J connectivity index is 1.31. The van der Waals surface area contributed by atoms with E-state index in [0.717, 1.165) is 16.0 Å². The van der Waals surface area contributed by atoms with Crippen LogP contribution in [0.4, 0.5) is 10.5 Å². The number of amides is 1. The van der Waals surface area contributed by atoms with E-state index < -0.39 is 23.6 Å². The fraction of sp³-hybridized carbons (Fsp3) is 0.240. The second kappa shape index (κ2) is 8.95. The van der Waals surface area contributed by atoms with E-state index in [1.165, 1.54) is 11.5 Å². The smallest absolute Gasteiger partial charge is 0.412 e. The first-order valence-corrected chi connectivity index (χ1v) is 11.8. The van der Waals surface area contributed by atoms with E-state index in [-0.39, 0.29) is 11.8 Å². The SMILES string of the molecule is Cc1nsc(-c2ccc(-c3nnc(C4(C(=O)O)CC4)o3)cc2)c1NC(=O)O[C@H](C)c1ccccc1. The first-order chi connectivity index (χ1) is 16.9. The number of carboxylic acid groups (broad SMARTS) is 1. The van der Waals surface area contributed by atoms with Crippen molar-refractivity contribution in [3.05, 3.63) is 71.7 Å². The molecule has 0 unspecified atom stereocenters. The van der Waals surface area contributed by atoms with E-state index in [0.29, 0.717) is 29.8 Å². The molecule has 2 N–H and O–H groups in total. The molecule has 0 bridgehead atoms. The Kier molecular flexibility index (Phi) is 5.81. The predicted molar refractivity (Wildman–Crippen MR) is 129 cm³/mol. The van der Waals surface area contributed by atoms with Crippen LogP contribution in [-0.2, 0) is 14.9 Å². The maximum absolute atomic E-state index is 12.6. The van der Waals surface area contributed by atoms with Crippen molar-refractivity contribution in [1.82, 2.24) is 14.6 Å². The number of ether oxygens (including phenoxy) is 1. The third kappa shape index (κ3) is 4.40. The van der Waals surface area contributed by atoms with E-state index in [9.17, 15) is 14.7 Å². The highest BCUT2D eigenvalue weighted by Gasteiger charge is 2.56. The van der Waals surface area contributed by atoms with Crippen LogP contribution in [0.15, 0.2) is 59.0 Å². The zero-order chi connectivity index (χ0) is 24.6. The van der Waals surface area contributed by atoms with Crippen molar-refractivity contribution < 1.29 is 23.8 Å². The highest BCUT2D eigenvalue weighted by Crippen LogP contribution is 2.48. The number of hydrogen-bond acceptors (Lipinski definition) is 8. The Morgan fingerprint density at radius 3 is 2.43 bits per heavy atom. The third-order valence-electron chi connectivity index (χ3n) is 6.03. The summed E-state index contributed by atoms with van der Waals surface area (Å²) in [5, 5.41) is 20.2. The number of rotatable bonds is 7. The number of anilines is 1. The van der Waals surface area contributed by atoms with Gasteiger partial charge in [-0.3, -0.25) is 10.1 Å². The molecule has 4 aromatic rings.